The number of nitrogens with zero attached hydrogens (tertiary/aromatic N) is 1. The highest BCUT2D eigenvalue weighted by molar-refractivity contribution is 6.00. The number of amides is 1. The third kappa shape index (κ3) is 1.87. The molecule has 0 fully saturated rings. The number of anilines is 2. The second-order valence-corrected chi connectivity index (χ2v) is 4.66. The van der Waals surface area contributed by atoms with Crippen molar-refractivity contribution in [1.82, 2.24) is 0 Å². The Morgan fingerprint density at radius 2 is 1.95 bits per heavy atom. The number of ether oxygens (including phenoxy) is 1. The Kier molecular flexibility index (Phi) is 2.82. The molecule has 2 aromatic rings. The number of nitrogens with two attached hydrogens (primary N) is 1. The minimum atomic E-state index is -0.841. The molecule has 0 bridgehead atoms. The van der Waals surface area contributed by atoms with Crippen molar-refractivity contribution in [2.24, 2.45) is 0 Å². The van der Waals surface area contributed by atoms with Gasteiger partial charge < -0.3 is 15.4 Å². The summed E-state index contributed by atoms with van der Waals surface area (Å²) in [7, 11) is 1.58. The fourth-order valence-electron chi connectivity index (χ4n) is 2.27. The third-order valence-electron chi connectivity index (χ3n) is 3.30. The quantitative estimate of drug-likeness (QED) is 0.811. The molecule has 102 valence electrons. The number of carbonyl (C=O) groups is 1. The maximum atomic E-state index is 14.0. The lowest BCUT2D eigenvalue weighted by molar-refractivity contribution is -0.126. The fraction of sp³-hybridized carbons (Fsp3) is 0.133. The van der Waals surface area contributed by atoms with Gasteiger partial charge in [-0.05, 0) is 6.07 Å². The van der Waals surface area contributed by atoms with Crippen molar-refractivity contribution in [2.75, 3.05) is 17.7 Å². The standard InChI is InChI=1S/C15H13FN2O2/c1-18-12-8-10(17)7-11(16)14(12)20-13(15(18)19)9-5-3-2-4-6-9/h2-8,13H,17H2,1H3. The molecule has 20 heavy (non-hydrogen) atoms. The molecule has 0 radical (unpaired) electrons. The van der Waals surface area contributed by atoms with Gasteiger partial charge in [-0.25, -0.2) is 4.39 Å². The molecule has 0 aliphatic carbocycles. The van der Waals surface area contributed by atoms with E-state index in [4.69, 9.17) is 10.5 Å². The highest BCUT2D eigenvalue weighted by atomic mass is 19.1. The number of fused-ring (bicyclic) bond motifs is 1. The van der Waals surface area contributed by atoms with Crippen LogP contribution in [0.2, 0.25) is 0 Å². The fourth-order valence-corrected chi connectivity index (χ4v) is 2.27. The monoisotopic (exact) mass is 272 g/mol. The van der Waals surface area contributed by atoms with Crippen molar-refractivity contribution in [2.45, 2.75) is 6.10 Å². The Hall–Kier alpha value is -2.56. The normalized spacial score (nSPS) is 17.6. The summed E-state index contributed by atoms with van der Waals surface area (Å²) in [6, 6.07) is 11.7. The van der Waals surface area contributed by atoms with Crippen LogP contribution in [0.25, 0.3) is 0 Å². The molecule has 0 saturated heterocycles. The van der Waals surface area contributed by atoms with Crippen LogP contribution >= 0.6 is 0 Å². The van der Waals surface area contributed by atoms with Gasteiger partial charge in [0.05, 0.1) is 5.69 Å². The summed E-state index contributed by atoms with van der Waals surface area (Å²) in [5, 5.41) is 0. The molecule has 1 heterocycles. The van der Waals surface area contributed by atoms with Crippen LogP contribution in [0.15, 0.2) is 42.5 Å². The van der Waals surface area contributed by atoms with E-state index in [0.717, 1.165) is 0 Å². The van der Waals surface area contributed by atoms with Gasteiger partial charge in [-0.2, -0.15) is 0 Å². The summed E-state index contributed by atoms with van der Waals surface area (Å²) in [5.74, 6) is -0.774. The predicted molar refractivity (Wildman–Crippen MR) is 74.0 cm³/mol. The van der Waals surface area contributed by atoms with Crippen molar-refractivity contribution in [1.29, 1.82) is 0 Å². The predicted octanol–water partition coefficient (Wildman–Crippen LogP) is 2.50. The first-order valence-electron chi connectivity index (χ1n) is 6.16. The van der Waals surface area contributed by atoms with Gasteiger partial charge in [-0.1, -0.05) is 30.3 Å². The number of nitrogen functional groups attached to an aromatic ring is 1. The third-order valence-corrected chi connectivity index (χ3v) is 3.30. The molecule has 3 rings (SSSR count). The first kappa shape index (κ1) is 12.5. The van der Waals surface area contributed by atoms with Gasteiger partial charge in [0, 0.05) is 24.4 Å². The molecule has 1 unspecified atom stereocenters. The zero-order valence-electron chi connectivity index (χ0n) is 10.8. The van der Waals surface area contributed by atoms with Crippen molar-refractivity contribution in [3.8, 4) is 5.75 Å². The van der Waals surface area contributed by atoms with E-state index in [9.17, 15) is 9.18 Å². The highest BCUT2D eigenvalue weighted by Gasteiger charge is 2.35. The Bertz CT molecular complexity index is 673. The molecule has 1 aliphatic heterocycles. The maximum absolute atomic E-state index is 14.0. The van der Waals surface area contributed by atoms with Crippen molar-refractivity contribution < 1.29 is 13.9 Å². The molecule has 1 amide bonds. The van der Waals surface area contributed by atoms with Gasteiger partial charge in [0.2, 0.25) is 6.10 Å². The number of likely N-dealkylation sites (N-methyl/N-ethyl adjacent to an activating group) is 1. The van der Waals surface area contributed by atoms with E-state index >= 15 is 0 Å². The van der Waals surface area contributed by atoms with E-state index in [0.29, 0.717) is 11.3 Å². The van der Waals surface area contributed by atoms with Crippen LogP contribution in [-0.2, 0) is 4.79 Å². The van der Waals surface area contributed by atoms with Crippen LogP contribution in [0.5, 0.6) is 5.75 Å². The van der Waals surface area contributed by atoms with Crippen molar-refractivity contribution in [3.63, 3.8) is 0 Å². The molecule has 0 saturated carbocycles. The largest absolute Gasteiger partial charge is 0.471 e. The molecule has 0 spiro atoms. The number of hydrogen-bond acceptors (Lipinski definition) is 3. The minimum absolute atomic E-state index is 0.0511. The highest BCUT2D eigenvalue weighted by Crippen LogP contribution is 2.41. The summed E-state index contributed by atoms with van der Waals surface area (Å²) in [6.07, 6.45) is -0.841. The first-order chi connectivity index (χ1) is 9.58. The van der Waals surface area contributed by atoms with E-state index in [2.05, 4.69) is 0 Å². The molecule has 1 aliphatic rings. The van der Waals surface area contributed by atoms with E-state index < -0.39 is 11.9 Å². The molecule has 5 heteroatoms. The summed E-state index contributed by atoms with van der Waals surface area (Å²) >= 11 is 0. The SMILES string of the molecule is CN1C(=O)C(c2ccccc2)Oc2c(F)cc(N)cc21. The van der Waals surface area contributed by atoms with E-state index in [1.807, 2.05) is 6.07 Å². The van der Waals surface area contributed by atoms with Gasteiger partial charge in [0.1, 0.15) is 0 Å². The van der Waals surface area contributed by atoms with Crippen LogP contribution in [0.1, 0.15) is 11.7 Å². The second-order valence-electron chi connectivity index (χ2n) is 4.66. The van der Waals surface area contributed by atoms with Gasteiger partial charge in [0.15, 0.2) is 11.6 Å². The van der Waals surface area contributed by atoms with Gasteiger partial charge >= 0.3 is 0 Å². The van der Waals surface area contributed by atoms with Gasteiger partial charge in [-0.3, -0.25) is 4.79 Å². The zero-order valence-corrected chi connectivity index (χ0v) is 10.8. The van der Waals surface area contributed by atoms with Crippen LogP contribution in [-0.4, -0.2) is 13.0 Å². The smallest absolute Gasteiger partial charge is 0.272 e. The lowest BCUT2D eigenvalue weighted by atomic mass is 10.1. The molecule has 1 atom stereocenters. The van der Waals surface area contributed by atoms with Crippen LogP contribution in [0.4, 0.5) is 15.8 Å². The van der Waals surface area contributed by atoms with E-state index in [1.165, 1.54) is 17.0 Å². The zero-order chi connectivity index (χ0) is 14.3. The average molecular weight is 272 g/mol. The second kappa shape index (κ2) is 4.52. The minimum Gasteiger partial charge on any atom is -0.471 e. The molecule has 2 N–H and O–H groups in total. The summed E-state index contributed by atoms with van der Waals surface area (Å²) in [4.78, 5) is 13.7. The number of rotatable bonds is 1. The van der Waals surface area contributed by atoms with Crippen molar-refractivity contribution >= 4 is 17.3 Å². The van der Waals surface area contributed by atoms with Gasteiger partial charge in [-0.15, -0.1) is 0 Å². The van der Waals surface area contributed by atoms with Crippen LogP contribution in [0, 0.1) is 5.82 Å². The molecular formula is C15H13FN2O2. The molecule has 0 aromatic heterocycles. The number of carbonyl (C=O) groups excluding carboxylic acids is 1. The number of hydrogen-bond donors (Lipinski definition) is 1. The van der Waals surface area contributed by atoms with Crippen LogP contribution < -0.4 is 15.4 Å². The molecular weight excluding hydrogens is 259 g/mol. The lowest BCUT2D eigenvalue weighted by Crippen LogP contribution is -2.38. The Labute approximate surface area is 115 Å². The van der Waals surface area contributed by atoms with E-state index in [-0.39, 0.29) is 17.3 Å². The molecule has 2 aromatic carbocycles. The van der Waals surface area contributed by atoms with Gasteiger partial charge in [0.25, 0.3) is 5.91 Å². The first-order valence-corrected chi connectivity index (χ1v) is 6.16. The Balaban J connectivity index is 2.09. The lowest BCUT2D eigenvalue weighted by Gasteiger charge is -2.32. The summed E-state index contributed by atoms with van der Waals surface area (Å²) in [5.41, 5.74) is 6.89. The topological polar surface area (TPSA) is 55.6 Å². The summed E-state index contributed by atoms with van der Waals surface area (Å²) < 4.78 is 19.5. The van der Waals surface area contributed by atoms with Crippen LogP contribution in [0.3, 0.4) is 0 Å². The molecule has 4 nitrogen and oxygen atoms in total. The number of halogens is 1. The average Bonchev–Trinajstić information content (AvgIpc) is 2.44. The Morgan fingerprint density at radius 1 is 1.25 bits per heavy atom. The van der Waals surface area contributed by atoms with Crippen molar-refractivity contribution in [3.05, 3.63) is 53.8 Å². The van der Waals surface area contributed by atoms with E-state index in [1.54, 1.807) is 31.3 Å². The Morgan fingerprint density at radius 3 is 2.65 bits per heavy atom. The summed E-state index contributed by atoms with van der Waals surface area (Å²) in [6.45, 7) is 0. The maximum Gasteiger partial charge on any atom is 0.272 e. The number of benzene rings is 2.